The van der Waals surface area contributed by atoms with E-state index in [1.807, 2.05) is 0 Å². The monoisotopic (exact) mass is 274 g/mol. The molecule has 0 atom stereocenters. The van der Waals surface area contributed by atoms with E-state index in [0.717, 1.165) is 0 Å². The van der Waals surface area contributed by atoms with Crippen LogP contribution in [0.1, 0.15) is 10.4 Å². The van der Waals surface area contributed by atoms with Gasteiger partial charge >= 0.3 is 0 Å². The molecule has 0 fully saturated rings. The van der Waals surface area contributed by atoms with E-state index in [4.69, 9.17) is 11.6 Å². The van der Waals surface area contributed by atoms with Gasteiger partial charge in [-0.05, 0) is 6.07 Å². The molecule has 0 saturated heterocycles. The zero-order valence-corrected chi connectivity index (χ0v) is 10.2. The van der Waals surface area contributed by atoms with Crippen molar-refractivity contribution in [1.82, 2.24) is 24.6 Å². The van der Waals surface area contributed by atoms with Gasteiger partial charge < -0.3 is 0 Å². The van der Waals surface area contributed by atoms with Crippen LogP contribution in [-0.4, -0.2) is 30.5 Å². The third-order valence-electron chi connectivity index (χ3n) is 2.42. The van der Waals surface area contributed by atoms with Gasteiger partial charge in [-0.1, -0.05) is 11.6 Å². The molecule has 3 rings (SSSR count). The number of carbonyl (C=O) groups is 1. The molecule has 0 aromatic carbocycles. The van der Waals surface area contributed by atoms with Gasteiger partial charge in [-0.25, -0.2) is 14.5 Å². The Labute approximate surface area is 112 Å². The molecule has 8 heteroatoms. The zero-order chi connectivity index (χ0) is 13.2. The normalized spacial score (nSPS) is 10.6. The maximum Gasteiger partial charge on any atom is 0.261 e. The molecule has 0 unspecified atom stereocenters. The topological polar surface area (TPSA) is 85.1 Å². The molecule has 0 radical (unpaired) electrons. The van der Waals surface area contributed by atoms with Crippen molar-refractivity contribution in [3.63, 3.8) is 0 Å². The third-order valence-corrected chi connectivity index (χ3v) is 2.63. The molecule has 0 aliphatic rings. The number of fused-ring (bicyclic) bond motifs is 1. The highest BCUT2D eigenvalue weighted by Gasteiger charge is 2.13. The van der Waals surface area contributed by atoms with Gasteiger partial charge in [0.25, 0.3) is 5.91 Å². The highest BCUT2D eigenvalue weighted by atomic mass is 35.5. The first-order valence-electron chi connectivity index (χ1n) is 5.31. The molecule has 19 heavy (non-hydrogen) atoms. The van der Waals surface area contributed by atoms with Crippen LogP contribution < -0.4 is 5.32 Å². The second kappa shape index (κ2) is 4.62. The summed E-state index contributed by atoms with van der Waals surface area (Å²) in [4.78, 5) is 23.8. The van der Waals surface area contributed by atoms with Gasteiger partial charge in [0.1, 0.15) is 5.15 Å². The number of amides is 1. The van der Waals surface area contributed by atoms with E-state index in [2.05, 4.69) is 25.4 Å². The summed E-state index contributed by atoms with van der Waals surface area (Å²) in [6, 6.07) is 1.52. The second-order valence-electron chi connectivity index (χ2n) is 3.62. The maximum absolute atomic E-state index is 12.1. The molecule has 7 nitrogen and oxygen atoms in total. The number of nitrogens with zero attached hydrogens (tertiary/aromatic N) is 5. The minimum Gasteiger partial charge on any atom is -0.290 e. The van der Waals surface area contributed by atoms with E-state index >= 15 is 0 Å². The predicted molar refractivity (Wildman–Crippen MR) is 68.0 cm³/mol. The van der Waals surface area contributed by atoms with Crippen molar-refractivity contribution >= 4 is 29.0 Å². The lowest BCUT2D eigenvalue weighted by Crippen LogP contribution is -2.13. The molecule has 0 aliphatic carbocycles. The lowest BCUT2D eigenvalue weighted by Gasteiger charge is -2.01. The van der Waals surface area contributed by atoms with Crippen LogP contribution in [0.4, 0.5) is 5.95 Å². The first-order chi connectivity index (χ1) is 9.24. The molecular formula is C11H7ClN6O. The molecule has 0 bridgehead atoms. The molecule has 0 spiro atoms. The Morgan fingerprint density at radius 2 is 2.21 bits per heavy atom. The summed E-state index contributed by atoms with van der Waals surface area (Å²) >= 11 is 5.72. The van der Waals surface area contributed by atoms with Gasteiger partial charge in [-0.3, -0.25) is 15.1 Å². The van der Waals surface area contributed by atoms with E-state index < -0.39 is 0 Å². The lowest BCUT2D eigenvalue weighted by molar-refractivity contribution is 0.102. The molecule has 94 valence electrons. The highest BCUT2D eigenvalue weighted by Crippen LogP contribution is 2.11. The quantitative estimate of drug-likeness (QED) is 0.715. The third kappa shape index (κ3) is 2.23. The predicted octanol–water partition coefficient (Wildman–Crippen LogP) is 1.42. The summed E-state index contributed by atoms with van der Waals surface area (Å²) in [5.41, 5.74) is 0.985. The number of halogens is 1. The van der Waals surface area contributed by atoms with Gasteiger partial charge in [0.2, 0.25) is 5.95 Å². The number of aromatic nitrogens is 5. The fraction of sp³-hybridized carbons (Fsp3) is 0. The summed E-state index contributed by atoms with van der Waals surface area (Å²) in [6.07, 6.45) is 7.71. The van der Waals surface area contributed by atoms with Crippen molar-refractivity contribution in [1.29, 1.82) is 0 Å². The largest absolute Gasteiger partial charge is 0.290 e. The van der Waals surface area contributed by atoms with Crippen molar-refractivity contribution in [2.75, 3.05) is 5.32 Å². The van der Waals surface area contributed by atoms with Gasteiger partial charge in [0, 0.05) is 18.6 Å². The minimum atomic E-state index is -0.370. The molecule has 0 saturated carbocycles. The highest BCUT2D eigenvalue weighted by molar-refractivity contribution is 6.29. The number of nitrogens with one attached hydrogen (secondary N) is 1. The molecule has 1 N–H and O–H groups in total. The minimum absolute atomic E-state index is 0.140. The van der Waals surface area contributed by atoms with Gasteiger partial charge in [-0.2, -0.15) is 5.10 Å². The first-order valence-corrected chi connectivity index (χ1v) is 5.69. The Balaban J connectivity index is 1.92. The van der Waals surface area contributed by atoms with Crippen molar-refractivity contribution in [3.05, 3.63) is 47.8 Å². The Morgan fingerprint density at radius 3 is 3.05 bits per heavy atom. The van der Waals surface area contributed by atoms with Crippen LogP contribution in [0.5, 0.6) is 0 Å². The van der Waals surface area contributed by atoms with Gasteiger partial charge in [0.05, 0.1) is 23.5 Å². The Morgan fingerprint density at radius 1 is 1.32 bits per heavy atom. The number of rotatable bonds is 2. The summed E-state index contributed by atoms with van der Waals surface area (Å²) in [7, 11) is 0. The van der Waals surface area contributed by atoms with Crippen molar-refractivity contribution in [2.45, 2.75) is 0 Å². The molecular weight excluding hydrogens is 268 g/mol. The summed E-state index contributed by atoms with van der Waals surface area (Å²) in [6.45, 7) is 0. The fourth-order valence-electron chi connectivity index (χ4n) is 1.58. The van der Waals surface area contributed by atoms with E-state index in [0.29, 0.717) is 11.1 Å². The maximum atomic E-state index is 12.1. The van der Waals surface area contributed by atoms with Crippen LogP contribution in [0.25, 0.3) is 5.52 Å². The van der Waals surface area contributed by atoms with E-state index in [-0.39, 0.29) is 17.0 Å². The number of carbonyl (C=O) groups excluding carboxylic acids is 1. The fourth-order valence-corrected chi connectivity index (χ4v) is 1.71. The molecule has 3 aromatic heterocycles. The molecule has 1 amide bonds. The molecule has 3 aromatic rings. The zero-order valence-electron chi connectivity index (χ0n) is 9.49. The van der Waals surface area contributed by atoms with Crippen molar-refractivity contribution in [3.8, 4) is 0 Å². The van der Waals surface area contributed by atoms with Crippen LogP contribution in [0.3, 0.4) is 0 Å². The second-order valence-corrected chi connectivity index (χ2v) is 4.01. The van der Waals surface area contributed by atoms with E-state index in [1.165, 1.54) is 18.5 Å². The lowest BCUT2D eigenvalue weighted by atomic mass is 10.3. The SMILES string of the molecule is O=C(Nc1nccc(Cl)n1)c1cnn2ccncc12. The van der Waals surface area contributed by atoms with E-state index in [9.17, 15) is 4.79 Å². The van der Waals surface area contributed by atoms with Gasteiger partial charge in [0.15, 0.2) is 0 Å². The van der Waals surface area contributed by atoms with Crippen LogP contribution in [0.15, 0.2) is 37.1 Å². The average molecular weight is 275 g/mol. The van der Waals surface area contributed by atoms with Crippen molar-refractivity contribution < 1.29 is 4.79 Å². The van der Waals surface area contributed by atoms with E-state index in [1.54, 1.807) is 23.1 Å². The van der Waals surface area contributed by atoms with Crippen LogP contribution in [-0.2, 0) is 0 Å². The Kier molecular flexibility index (Phi) is 2.81. The average Bonchev–Trinajstić information content (AvgIpc) is 2.82. The number of anilines is 1. The summed E-state index contributed by atoms with van der Waals surface area (Å²) in [5.74, 6) is -0.231. The van der Waals surface area contributed by atoms with Crippen LogP contribution in [0.2, 0.25) is 5.15 Å². The smallest absolute Gasteiger partial charge is 0.261 e. The van der Waals surface area contributed by atoms with Crippen molar-refractivity contribution in [2.24, 2.45) is 0 Å². The summed E-state index contributed by atoms with van der Waals surface area (Å²) in [5, 5.41) is 6.85. The summed E-state index contributed by atoms with van der Waals surface area (Å²) < 4.78 is 1.56. The standard InChI is InChI=1S/C11H7ClN6O/c12-9-1-2-14-11(16-9)17-10(19)7-5-15-18-4-3-13-6-8(7)18/h1-6H,(H,14,16,17,19). The first kappa shape index (κ1) is 11.5. The Bertz CT molecular complexity index is 756. The van der Waals surface area contributed by atoms with Crippen LogP contribution >= 0.6 is 11.6 Å². The van der Waals surface area contributed by atoms with Crippen LogP contribution in [0, 0.1) is 0 Å². The Hall–Kier alpha value is -2.54. The number of hydrogen-bond donors (Lipinski definition) is 1. The van der Waals surface area contributed by atoms with Gasteiger partial charge in [-0.15, -0.1) is 0 Å². The molecule has 0 aliphatic heterocycles. The number of hydrogen-bond acceptors (Lipinski definition) is 5. The molecule has 3 heterocycles.